The summed E-state index contributed by atoms with van der Waals surface area (Å²) in [5, 5.41) is 4.27. The number of benzene rings is 2. The average molecular weight is 459 g/mol. The third-order valence-corrected chi connectivity index (χ3v) is 6.88. The highest BCUT2D eigenvalue weighted by Crippen LogP contribution is 2.34. The summed E-state index contributed by atoms with van der Waals surface area (Å²) in [6.45, 7) is 3.04. The predicted molar refractivity (Wildman–Crippen MR) is 128 cm³/mol. The summed E-state index contributed by atoms with van der Waals surface area (Å²) in [6, 6.07) is 19.8. The van der Waals surface area contributed by atoms with Crippen molar-refractivity contribution in [3.05, 3.63) is 89.7 Å². The Kier molecular flexibility index (Phi) is 6.34. The molecule has 2 aromatic carbocycles. The summed E-state index contributed by atoms with van der Waals surface area (Å²) in [7, 11) is 0. The van der Waals surface area contributed by atoms with Gasteiger partial charge >= 0.3 is 6.09 Å². The van der Waals surface area contributed by atoms with Gasteiger partial charge in [0.25, 0.3) is 5.91 Å². The number of likely N-dealkylation sites (tertiary alicyclic amines) is 1. The Morgan fingerprint density at radius 2 is 1.82 bits per heavy atom. The largest absolute Gasteiger partial charge is 0.441 e. The van der Waals surface area contributed by atoms with Crippen molar-refractivity contribution >= 4 is 12.0 Å². The van der Waals surface area contributed by atoms with Crippen LogP contribution in [0.2, 0.25) is 0 Å². The maximum atomic E-state index is 13.5. The van der Waals surface area contributed by atoms with Crippen LogP contribution < -0.4 is 0 Å². The summed E-state index contributed by atoms with van der Waals surface area (Å²) >= 11 is 0. The van der Waals surface area contributed by atoms with Crippen LogP contribution in [0.4, 0.5) is 4.79 Å². The van der Waals surface area contributed by atoms with E-state index in [-0.39, 0.29) is 12.0 Å². The molecule has 0 radical (unpaired) electrons. The maximum absolute atomic E-state index is 13.5. The fourth-order valence-corrected chi connectivity index (χ4v) is 5.01. The first-order valence-electron chi connectivity index (χ1n) is 12.0. The molecule has 3 aromatic rings. The zero-order valence-electron chi connectivity index (χ0n) is 19.3. The number of hydrogen-bond acceptors (Lipinski definition) is 4. The molecule has 2 saturated heterocycles. The number of carbonyl (C=O) groups excluding carboxylic acids is 2. The molecule has 0 aliphatic carbocycles. The zero-order valence-corrected chi connectivity index (χ0v) is 19.3. The first kappa shape index (κ1) is 22.2. The molecule has 3 heterocycles. The maximum Gasteiger partial charge on any atom is 0.410 e. The standard InChI is InChI=1S/C27H30N4O3/c32-25(24-11-5-4-10-23(24)20-31-17-7-15-28-31)29-16-6-13-27(14-19-29)21-30(26(33)34-27)18-12-22-8-2-1-3-9-22/h1-5,7-11,15,17H,6,12-14,16,18-21H2. The van der Waals surface area contributed by atoms with E-state index in [2.05, 4.69) is 17.2 Å². The van der Waals surface area contributed by atoms with Crippen LogP contribution in [0.25, 0.3) is 0 Å². The van der Waals surface area contributed by atoms with E-state index in [0.717, 1.165) is 24.8 Å². The van der Waals surface area contributed by atoms with Crippen molar-refractivity contribution in [2.75, 3.05) is 26.2 Å². The first-order valence-corrected chi connectivity index (χ1v) is 12.0. The lowest BCUT2D eigenvalue weighted by Crippen LogP contribution is -2.37. The molecule has 5 rings (SSSR count). The van der Waals surface area contributed by atoms with Gasteiger partial charge in [0, 0.05) is 44.0 Å². The van der Waals surface area contributed by atoms with Gasteiger partial charge in [0.15, 0.2) is 0 Å². The fourth-order valence-electron chi connectivity index (χ4n) is 5.01. The normalized spacial score (nSPS) is 20.4. The van der Waals surface area contributed by atoms with E-state index in [1.165, 1.54) is 5.56 Å². The quantitative estimate of drug-likeness (QED) is 0.560. The Morgan fingerprint density at radius 1 is 1.00 bits per heavy atom. The minimum atomic E-state index is -0.503. The van der Waals surface area contributed by atoms with Crippen molar-refractivity contribution in [3.63, 3.8) is 0 Å². The highest BCUT2D eigenvalue weighted by Gasteiger charge is 2.46. The third kappa shape index (κ3) is 4.83. The van der Waals surface area contributed by atoms with Gasteiger partial charge in [-0.3, -0.25) is 9.48 Å². The van der Waals surface area contributed by atoms with Crippen molar-refractivity contribution in [2.24, 2.45) is 0 Å². The van der Waals surface area contributed by atoms with Gasteiger partial charge in [0.1, 0.15) is 5.60 Å². The average Bonchev–Trinajstić information content (AvgIpc) is 3.42. The van der Waals surface area contributed by atoms with E-state index in [1.54, 1.807) is 6.20 Å². The number of amides is 2. The second-order valence-corrected chi connectivity index (χ2v) is 9.21. The Bertz CT molecular complexity index is 1130. The molecule has 2 aliphatic heterocycles. The van der Waals surface area contributed by atoms with E-state index in [1.807, 2.05) is 69.2 Å². The van der Waals surface area contributed by atoms with Gasteiger partial charge in [-0.1, -0.05) is 48.5 Å². The molecule has 0 bridgehead atoms. The molecule has 176 valence electrons. The van der Waals surface area contributed by atoms with E-state index >= 15 is 0 Å². The highest BCUT2D eigenvalue weighted by atomic mass is 16.6. The molecule has 0 saturated carbocycles. The zero-order chi connectivity index (χ0) is 23.4. The minimum Gasteiger partial charge on any atom is -0.441 e. The third-order valence-electron chi connectivity index (χ3n) is 6.88. The molecule has 7 nitrogen and oxygen atoms in total. The number of rotatable bonds is 6. The van der Waals surface area contributed by atoms with E-state index in [0.29, 0.717) is 44.7 Å². The van der Waals surface area contributed by atoms with Crippen LogP contribution in [-0.2, 0) is 17.7 Å². The summed E-state index contributed by atoms with van der Waals surface area (Å²) in [5.41, 5.74) is 2.37. The second-order valence-electron chi connectivity index (χ2n) is 9.21. The Balaban J connectivity index is 1.23. The summed E-state index contributed by atoms with van der Waals surface area (Å²) in [4.78, 5) is 29.8. The molecule has 2 amide bonds. The minimum absolute atomic E-state index is 0.0325. The van der Waals surface area contributed by atoms with Gasteiger partial charge in [0.05, 0.1) is 13.1 Å². The van der Waals surface area contributed by atoms with Crippen LogP contribution in [0.3, 0.4) is 0 Å². The van der Waals surface area contributed by atoms with Gasteiger partial charge in [-0.05, 0) is 42.5 Å². The Hall–Kier alpha value is -3.61. The molecule has 1 unspecified atom stereocenters. The van der Waals surface area contributed by atoms with E-state index in [4.69, 9.17) is 4.74 Å². The summed E-state index contributed by atoms with van der Waals surface area (Å²) in [6.07, 6.45) is 6.46. The number of aromatic nitrogens is 2. The summed E-state index contributed by atoms with van der Waals surface area (Å²) < 4.78 is 7.76. The Morgan fingerprint density at radius 3 is 2.65 bits per heavy atom. The van der Waals surface area contributed by atoms with Gasteiger partial charge in [-0.2, -0.15) is 5.10 Å². The molecule has 2 fully saturated rings. The number of hydrogen-bond donors (Lipinski definition) is 0. The second kappa shape index (κ2) is 9.71. The van der Waals surface area contributed by atoms with Gasteiger partial charge in [0.2, 0.25) is 0 Å². The van der Waals surface area contributed by atoms with Crippen molar-refractivity contribution in [1.29, 1.82) is 0 Å². The molecule has 1 aromatic heterocycles. The first-order chi connectivity index (χ1) is 16.6. The van der Waals surface area contributed by atoms with Crippen molar-refractivity contribution < 1.29 is 14.3 Å². The van der Waals surface area contributed by atoms with Gasteiger partial charge in [-0.15, -0.1) is 0 Å². The van der Waals surface area contributed by atoms with E-state index < -0.39 is 5.60 Å². The van der Waals surface area contributed by atoms with E-state index in [9.17, 15) is 9.59 Å². The van der Waals surface area contributed by atoms with Gasteiger partial charge in [-0.25, -0.2) is 4.79 Å². The van der Waals surface area contributed by atoms with Crippen LogP contribution in [0.5, 0.6) is 0 Å². The molecule has 7 heteroatoms. The lowest BCUT2D eigenvalue weighted by Gasteiger charge is -2.26. The summed E-state index contributed by atoms with van der Waals surface area (Å²) in [5.74, 6) is 0.0325. The molecule has 34 heavy (non-hydrogen) atoms. The van der Waals surface area contributed by atoms with Crippen LogP contribution in [0.15, 0.2) is 73.1 Å². The lowest BCUT2D eigenvalue weighted by atomic mass is 9.95. The SMILES string of the molecule is O=C1OC2(CCCN(C(=O)c3ccccc3Cn3cccn3)CC2)CN1CCc1ccccc1. The van der Waals surface area contributed by atoms with Crippen molar-refractivity contribution in [1.82, 2.24) is 19.6 Å². The fraction of sp³-hybridized carbons (Fsp3) is 0.370. The van der Waals surface area contributed by atoms with Crippen molar-refractivity contribution in [3.8, 4) is 0 Å². The Labute approximate surface area is 199 Å². The predicted octanol–water partition coefficient (Wildman–Crippen LogP) is 3.99. The highest BCUT2D eigenvalue weighted by molar-refractivity contribution is 5.95. The molecular formula is C27H30N4O3. The molecular weight excluding hydrogens is 428 g/mol. The lowest BCUT2D eigenvalue weighted by molar-refractivity contribution is 0.0438. The number of nitrogens with zero attached hydrogens (tertiary/aromatic N) is 4. The van der Waals surface area contributed by atoms with Crippen LogP contribution in [0.1, 0.15) is 40.7 Å². The van der Waals surface area contributed by atoms with Crippen LogP contribution >= 0.6 is 0 Å². The topological polar surface area (TPSA) is 67.7 Å². The van der Waals surface area contributed by atoms with Gasteiger partial charge < -0.3 is 14.5 Å². The van der Waals surface area contributed by atoms with Crippen LogP contribution in [0, 0.1) is 0 Å². The number of ether oxygens (including phenoxy) is 1. The molecule has 0 N–H and O–H groups in total. The molecule has 1 atom stereocenters. The van der Waals surface area contributed by atoms with Crippen molar-refractivity contribution in [2.45, 2.75) is 37.8 Å². The molecule has 1 spiro atoms. The number of carbonyl (C=O) groups is 2. The smallest absolute Gasteiger partial charge is 0.410 e. The molecule has 2 aliphatic rings. The van der Waals surface area contributed by atoms with Crippen LogP contribution in [-0.4, -0.2) is 63.4 Å². The monoisotopic (exact) mass is 458 g/mol.